The van der Waals surface area contributed by atoms with Crippen molar-refractivity contribution in [1.29, 1.82) is 0 Å². The normalized spacial score (nSPS) is 17.8. The molecule has 1 aromatic rings. The fraction of sp³-hybridized carbons (Fsp3) is 0.500. The van der Waals surface area contributed by atoms with Crippen LogP contribution in [-0.2, 0) is 10.3 Å². The lowest BCUT2D eigenvalue weighted by atomic mass is 9.99. The second-order valence-corrected chi connectivity index (χ2v) is 4.69. The van der Waals surface area contributed by atoms with Crippen molar-refractivity contribution in [3.05, 3.63) is 24.2 Å². The second-order valence-electron chi connectivity index (χ2n) is 4.69. The van der Waals surface area contributed by atoms with Crippen LogP contribution < -0.4 is 10.6 Å². The number of amides is 2. The molecule has 0 bridgehead atoms. The lowest BCUT2D eigenvalue weighted by Gasteiger charge is -2.24. The van der Waals surface area contributed by atoms with Crippen molar-refractivity contribution in [2.24, 2.45) is 5.92 Å². The first kappa shape index (κ1) is 12.5. The van der Waals surface area contributed by atoms with Gasteiger partial charge in [-0.3, -0.25) is 0 Å². The monoisotopic (exact) mass is 252 g/mol. The predicted octanol–water partition coefficient (Wildman–Crippen LogP) is 1.29. The molecule has 1 aromatic heterocycles. The summed E-state index contributed by atoms with van der Waals surface area (Å²) in [6, 6.07) is 2.61. The fourth-order valence-corrected chi connectivity index (χ4v) is 1.61. The van der Waals surface area contributed by atoms with E-state index in [-0.39, 0.29) is 5.76 Å². The topological polar surface area (TPSA) is 91.6 Å². The lowest BCUT2D eigenvalue weighted by molar-refractivity contribution is -0.144. The van der Waals surface area contributed by atoms with Crippen LogP contribution in [-0.4, -0.2) is 23.7 Å². The van der Waals surface area contributed by atoms with Crippen molar-refractivity contribution in [1.82, 2.24) is 10.6 Å². The molecule has 1 unspecified atom stereocenters. The van der Waals surface area contributed by atoms with Gasteiger partial charge in [-0.1, -0.05) is 0 Å². The highest BCUT2D eigenvalue weighted by atomic mass is 16.4. The summed E-state index contributed by atoms with van der Waals surface area (Å²) in [4.78, 5) is 23.0. The fourth-order valence-electron chi connectivity index (χ4n) is 1.61. The summed E-state index contributed by atoms with van der Waals surface area (Å²) in [5.74, 6) is -0.439. The molecule has 1 aliphatic carbocycles. The molecular weight excluding hydrogens is 236 g/mol. The zero-order valence-corrected chi connectivity index (χ0v) is 10.1. The zero-order valence-electron chi connectivity index (χ0n) is 10.1. The van der Waals surface area contributed by atoms with E-state index in [1.54, 1.807) is 6.07 Å². The van der Waals surface area contributed by atoms with Gasteiger partial charge < -0.3 is 20.2 Å². The van der Waals surface area contributed by atoms with E-state index in [1.807, 2.05) is 0 Å². The highest BCUT2D eigenvalue weighted by molar-refractivity contribution is 5.86. The van der Waals surface area contributed by atoms with Crippen molar-refractivity contribution in [2.75, 3.05) is 6.54 Å². The molecule has 18 heavy (non-hydrogen) atoms. The van der Waals surface area contributed by atoms with Gasteiger partial charge in [0.15, 0.2) is 5.54 Å². The third kappa shape index (κ3) is 2.64. The molecule has 0 spiro atoms. The van der Waals surface area contributed by atoms with Crippen LogP contribution in [0.1, 0.15) is 25.5 Å². The van der Waals surface area contributed by atoms with E-state index in [1.165, 1.54) is 19.3 Å². The van der Waals surface area contributed by atoms with Crippen LogP contribution in [0.25, 0.3) is 0 Å². The second kappa shape index (κ2) is 4.72. The molecule has 1 aliphatic rings. The van der Waals surface area contributed by atoms with E-state index >= 15 is 0 Å². The molecule has 2 rings (SSSR count). The summed E-state index contributed by atoms with van der Waals surface area (Å²) in [5.41, 5.74) is -1.56. The minimum Gasteiger partial charge on any atom is -0.479 e. The first-order valence-corrected chi connectivity index (χ1v) is 5.86. The summed E-state index contributed by atoms with van der Waals surface area (Å²) in [6.07, 6.45) is 3.61. The number of rotatable bonds is 5. The van der Waals surface area contributed by atoms with E-state index in [2.05, 4.69) is 10.6 Å². The lowest BCUT2D eigenvalue weighted by Crippen LogP contribution is -2.53. The minimum atomic E-state index is -1.56. The maximum atomic E-state index is 11.7. The van der Waals surface area contributed by atoms with E-state index in [0.717, 1.165) is 12.8 Å². The van der Waals surface area contributed by atoms with Gasteiger partial charge in [0, 0.05) is 6.54 Å². The molecule has 1 saturated carbocycles. The van der Waals surface area contributed by atoms with Crippen LogP contribution >= 0.6 is 0 Å². The van der Waals surface area contributed by atoms with Crippen LogP contribution in [0.15, 0.2) is 22.8 Å². The molecule has 0 aromatic carbocycles. The molecule has 0 saturated heterocycles. The summed E-state index contributed by atoms with van der Waals surface area (Å²) in [6.45, 7) is 1.98. The molecule has 2 amide bonds. The largest absolute Gasteiger partial charge is 0.479 e. The Morgan fingerprint density at radius 1 is 1.56 bits per heavy atom. The Balaban J connectivity index is 2.01. The van der Waals surface area contributed by atoms with Crippen molar-refractivity contribution >= 4 is 12.0 Å². The number of carbonyl (C=O) groups excluding carboxylic acids is 1. The average Bonchev–Trinajstić information content (AvgIpc) is 2.97. The van der Waals surface area contributed by atoms with Crippen molar-refractivity contribution in [3.8, 4) is 0 Å². The highest BCUT2D eigenvalue weighted by Gasteiger charge is 2.40. The number of carbonyl (C=O) groups is 2. The molecule has 6 heteroatoms. The minimum absolute atomic E-state index is 0.191. The molecule has 1 fully saturated rings. The van der Waals surface area contributed by atoms with Gasteiger partial charge in [0.2, 0.25) is 0 Å². The van der Waals surface area contributed by atoms with Crippen LogP contribution in [0.4, 0.5) is 4.79 Å². The molecule has 3 N–H and O–H groups in total. The van der Waals surface area contributed by atoms with Gasteiger partial charge in [-0.2, -0.15) is 0 Å². The van der Waals surface area contributed by atoms with E-state index in [4.69, 9.17) is 4.42 Å². The first-order valence-electron chi connectivity index (χ1n) is 5.86. The molecule has 6 nitrogen and oxygen atoms in total. The van der Waals surface area contributed by atoms with E-state index < -0.39 is 17.5 Å². The number of carboxylic acid groups (broad SMARTS) is 1. The Kier molecular flexibility index (Phi) is 3.27. The number of aliphatic carboxylic acids is 1. The SMILES string of the molecule is CC(NC(=O)NCC1CC1)(C(=O)O)c1ccco1. The van der Waals surface area contributed by atoms with Gasteiger partial charge in [0.25, 0.3) is 0 Å². The Morgan fingerprint density at radius 2 is 2.28 bits per heavy atom. The Labute approximate surface area is 104 Å². The van der Waals surface area contributed by atoms with Gasteiger partial charge in [0.05, 0.1) is 6.26 Å². The Hall–Kier alpha value is -1.98. The quantitative estimate of drug-likeness (QED) is 0.736. The number of carboxylic acids is 1. The van der Waals surface area contributed by atoms with Crippen molar-refractivity contribution in [3.63, 3.8) is 0 Å². The summed E-state index contributed by atoms with van der Waals surface area (Å²) in [7, 11) is 0. The third-order valence-electron chi connectivity index (χ3n) is 3.05. The Bertz CT molecular complexity index is 439. The number of furan rings is 1. The maximum Gasteiger partial charge on any atom is 0.337 e. The average molecular weight is 252 g/mol. The van der Waals surface area contributed by atoms with Gasteiger partial charge in [-0.15, -0.1) is 0 Å². The molecule has 1 heterocycles. The number of hydrogen-bond donors (Lipinski definition) is 3. The van der Waals surface area contributed by atoms with Crippen LogP contribution in [0, 0.1) is 5.92 Å². The number of urea groups is 1. The van der Waals surface area contributed by atoms with Crippen LogP contribution in [0.5, 0.6) is 0 Å². The molecule has 0 radical (unpaired) electrons. The zero-order chi connectivity index (χ0) is 13.2. The maximum absolute atomic E-state index is 11.7. The van der Waals surface area contributed by atoms with E-state index in [9.17, 15) is 14.7 Å². The van der Waals surface area contributed by atoms with Gasteiger partial charge in [-0.25, -0.2) is 9.59 Å². The highest BCUT2D eigenvalue weighted by Crippen LogP contribution is 2.27. The van der Waals surface area contributed by atoms with Gasteiger partial charge in [-0.05, 0) is 37.8 Å². The van der Waals surface area contributed by atoms with Crippen molar-refractivity contribution in [2.45, 2.75) is 25.3 Å². The molecule has 0 aliphatic heterocycles. The molecule has 1 atom stereocenters. The standard InChI is InChI=1S/C12H16N2O4/c1-12(10(15)16,9-3-2-6-18-9)14-11(17)13-7-8-4-5-8/h2-3,6,8H,4-5,7H2,1H3,(H,15,16)(H2,13,14,17). The first-order chi connectivity index (χ1) is 8.52. The van der Waals surface area contributed by atoms with Crippen LogP contribution in [0.3, 0.4) is 0 Å². The molecular formula is C12H16N2O4. The Morgan fingerprint density at radius 3 is 2.78 bits per heavy atom. The van der Waals surface area contributed by atoms with Crippen molar-refractivity contribution < 1.29 is 19.1 Å². The van der Waals surface area contributed by atoms with Crippen LogP contribution in [0.2, 0.25) is 0 Å². The van der Waals surface area contributed by atoms with E-state index in [0.29, 0.717) is 12.5 Å². The smallest absolute Gasteiger partial charge is 0.337 e. The third-order valence-corrected chi connectivity index (χ3v) is 3.05. The van der Waals surface area contributed by atoms with Gasteiger partial charge in [0.1, 0.15) is 5.76 Å². The molecule has 98 valence electrons. The summed E-state index contributed by atoms with van der Waals surface area (Å²) in [5, 5.41) is 14.3. The predicted molar refractivity (Wildman–Crippen MR) is 63.0 cm³/mol. The number of hydrogen-bond acceptors (Lipinski definition) is 3. The summed E-state index contributed by atoms with van der Waals surface area (Å²) < 4.78 is 5.08. The summed E-state index contributed by atoms with van der Waals surface area (Å²) >= 11 is 0. The van der Waals surface area contributed by atoms with Gasteiger partial charge >= 0.3 is 12.0 Å². The number of nitrogens with one attached hydrogen (secondary N) is 2.